The van der Waals surface area contributed by atoms with Crippen LogP contribution in [0.3, 0.4) is 0 Å². The summed E-state index contributed by atoms with van der Waals surface area (Å²) in [4.78, 5) is 16.6. The fraction of sp³-hybridized carbons (Fsp3) is 0. The summed E-state index contributed by atoms with van der Waals surface area (Å²) in [6.45, 7) is 0. The van der Waals surface area contributed by atoms with Gasteiger partial charge in [0.1, 0.15) is 0 Å². The number of pyridine rings is 1. The molecule has 0 unspecified atom stereocenters. The number of fused-ring (bicyclic) bond motifs is 1. The average molecular weight is 362 g/mol. The van der Waals surface area contributed by atoms with Gasteiger partial charge in [-0.25, -0.2) is 0 Å². The molecule has 0 aliphatic heterocycles. The number of aromatic nitrogens is 1. The quantitative estimate of drug-likeness (QED) is 0.705. The first-order valence-electron chi connectivity index (χ1n) is 6.25. The number of rotatable bonds is 2. The van der Waals surface area contributed by atoms with Crippen molar-refractivity contribution in [3.05, 3.63) is 69.8 Å². The number of hydrogen-bond donors (Lipinski definition) is 1. The Morgan fingerprint density at radius 1 is 1.14 bits per heavy atom. The van der Waals surface area contributed by atoms with Gasteiger partial charge in [0.2, 0.25) is 0 Å². The molecule has 3 aromatic rings. The molecule has 0 fully saturated rings. The molecule has 0 saturated carbocycles. The van der Waals surface area contributed by atoms with Gasteiger partial charge < -0.3 is 5.32 Å². The SMILES string of the molecule is O=C(Nc1ccc2ncccc2c1)c1cc(Cl)ccc1Br. The third-order valence-electron chi connectivity index (χ3n) is 3.03. The van der Waals surface area contributed by atoms with Gasteiger partial charge in [-0.3, -0.25) is 9.78 Å². The van der Waals surface area contributed by atoms with E-state index in [1.807, 2.05) is 30.3 Å². The maximum atomic E-state index is 12.3. The topological polar surface area (TPSA) is 42.0 Å². The summed E-state index contributed by atoms with van der Waals surface area (Å²) >= 11 is 9.29. The standard InChI is InChI=1S/C16H10BrClN2O/c17-14-5-3-11(18)9-13(14)16(21)20-12-4-6-15-10(8-12)2-1-7-19-15/h1-9H,(H,20,21). The second-order valence-corrected chi connectivity index (χ2v) is 5.78. The van der Waals surface area contributed by atoms with E-state index in [0.717, 1.165) is 10.9 Å². The van der Waals surface area contributed by atoms with E-state index < -0.39 is 0 Å². The zero-order valence-corrected chi connectivity index (χ0v) is 13.1. The molecule has 0 saturated heterocycles. The Morgan fingerprint density at radius 3 is 2.86 bits per heavy atom. The predicted octanol–water partition coefficient (Wildman–Crippen LogP) is 4.90. The van der Waals surface area contributed by atoms with Gasteiger partial charge in [0, 0.05) is 26.8 Å². The Kier molecular flexibility index (Phi) is 3.90. The first-order valence-corrected chi connectivity index (χ1v) is 7.42. The Balaban J connectivity index is 1.90. The Labute approximate surface area is 135 Å². The van der Waals surface area contributed by atoms with Crippen molar-refractivity contribution in [3.8, 4) is 0 Å². The van der Waals surface area contributed by atoms with Crippen LogP contribution in [-0.4, -0.2) is 10.9 Å². The zero-order valence-electron chi connectivity index (χ0n) is 10.8. The van der Waals surface area contributed by atoms with Crippen LogP contribution < -0.4 is 5.32 Å². The van der Waals surface area contributed by atoms with Gasteiger partial charge in [0.25, 0.3) is 5.91 Å². The normalized spacial score (nSPS) is 10.6. The lowest BCUT2D eigenvalue weighted by molar-refractivity contribution is 0.102. The molecule has 3 rings (SSSR count). The van der Waals surface area contributed by atoms with E-state index in [0.29, 0.717) is 20.7 Å². The van der Waals surface area contributed by atoms with Crippen LogP contribution in [0.1, 0.15) is 10.4 Å². The van der Waals surface area contributed by atoms with Crippen molar-refractivity contribution in [2.75, 3.05) is 5.32 Å². The fourth-order valence-electron chi connectivity index (χ4n) is 2.02. The molecule has 0 radical (unpaired) electrons. The van der Waals surface area contributed by atoms with E-state index in [4.69, 9.17) is 11.6 Å². The lowest BCUT2D eigenvalue weighted by Crippen LogP contribution is -2.12. The van der Waals surface area contributed by atoms with Crippen molar-refractivity contribution in [1.82, 2.24) is 4.98 Å². The average Bonchev–Trinajstić information content (AvgIpc) is 2.49. The van der Waals surface area contributed by atoms with Crippen molar-refractivity contribution < 1.29 is 4.79 Å². The maximum absolute atomic E-state index is 12.3. The smallest absolute Gasteiger partial charge is 0.256 e. The molecule has 0 atom stereocenters. The minimum atomic E-state index is -0.215. The fourth-order valence-corrected chi connectivity index (χ4v) is 2.62. The molecule has 0 bridgehead atoms. The summed E-state index contributed by atoms with van der Waals surface area (Å²) in [6, 6.07) is 14.5. The van der Waals surface area contributed by atoms with Gasteiger partial charge in [0.05, 0.1) is 11.1 Å². The molecule has 0 aliphatic rings. The molecule has 0 spiro atoms. The predicted molar refractivity (Wildman–Crippen MR) is 88.8 cm³/mol. The van der Waals surface area contributed by atoms with E-state index in [2.05, 4.69) is 26.2 Å². The third-order valence-corrected chi connectivity index (χ3v) is 3.96. The van der Waals surface area contributed by atoms with Crippen LogP contribution >= 0.6 is 27.5 Å². The van der Waals surface area contributed by atoms with Crippen LogP contribution in [0.5, 0.6) is 0 Å². The molecule has 3 nitrogen and oxygen atoms in total. The summed E-state index contributed by atoms with van der Waals surface area (Å²) in [6.07, 6.45) is 1.74. The lowest BCUT2D eigenvalue weighted by Gasteiger charge is -2.08. The number of hydrogen-bond acceptors (Lipinski definition) is 2. The molecule has 1 heterocycles. The van der Waals surface area contributed by atoms with Gasteiger partial charge in [0.15, 0.2) is 0 Å². The van der Waals surface area contributed by atoms with E-state index in [1.165, 1.54) is 0 Å². The van der Waals surface area contributed by atoms with E-state index in [9.17, 15) is 4.79 Å². The van der Waals surface area contributed by atoms with Gasteiger partial charge in [-0.1, -0.05) is 17.7 Å². The molecule has 5 heteroatoms. The van der Waals surface area contributed by atoms with Crippen molar-refractivity contribution in [3.63, 3.8) is 0 Å². The second-order valence-electron chi connectivity index (χ2n) is 4.49. The minimum absolute atomic E-state index is 0.215. The molecule has 21 heavy (non-hydrogen) atoms. The Bertz CT molecular complexity index is 835. The molecule has 1 amide bonds. The molecule has 1 N–H and O–H groups in total. The lowest BCUT2D eigenvalue weighted by atomic mass is 10.1. The van der Waals surface area contributed by atoms with Crippen LogP contribution in [0.2, 0.25) is 5.02 Å². The van der Waals surface area contributed by atoms with E-state index in [-0.39, 0.29) is 5.91 Å². The van der Waals surface area contributed by atoms with Crippen LogP contribution in [0.25, 0.3) is 10.9 Å². The third kappa shape index (κ3) is 3.06. The van der Waals surface area contributed by atoms with Crippen molar-refractivity contribution >= 4 is 50.0 Å². The molecule has 104 valence electrons. The van der Waals surface area contributed by atoms with Crippen LogP contribution in [-0.2, 0) is 0 Å². The Morgan fingerprint density at radius 2 is 2.00 bits per heavy atom. The van der Waals surface area contributed by atoms with Gasteiger partial charge >= 0.3 is 0 Å². The first-order chi connectivity index (χ1) is 10.1. The summed E-state index contributed by atoms with van der Waals surface area (Å²) in [5.41, 5.74) is 2.10. The highest BCUT2D eigenvalue weighted by Gasteiger charge is 2.11. The van der Waals surface area contributed by atoms with Crippen LogP contribution in [0.4, 0.5) is 5.69 Å². The summed E-state index contributed by atoms with van der Waals surface area (Å²) in [5, 5.41) is 4.36. The van der Waals surface area contributed by atoms with Gasteiger partial charge in [-0.15, -0.1) is 0 Å². The van der Waals surface area contributed by atoms with E-state index >= 15 is 0 Å². The Hall–Kier alpha value is -1.91. The van der Waals surface area contributed by atoms with Crippen LogP contribution in [0.15, 0.2) is 59.2 Å². The van der Waals surface area contributed by atoms with Crippen molar-refractivity contribution in [1.29, 1.82) is 0 Å². The highest BCUT2D eigenvalue weighted by Crippen LogP contribution is 2.23. The highest BCUT2D eigenvalue weighted by molar-refractivity contribution is 9.10. The monoisotopic (exact) mass is 360 g/mol. The van der Waals surface area contributed by atoms with Crippen LogP contribution in [0, 0.1) is 0 Å². The number of anilines is 1. The number of halogens is 2. The maximum Gasteiger partial charge on any atom is 0.256 e. The zero-order chi connectivity index (χ0) is 14.8. The first kappa shape index (κ1) is 14.0. The van der Waals surface area contributed by atoms with Gasteiger partial charge in [-0.2, -0.15) is 0 Å². The molecule has 2 aromatic carbocycles. The number of carbonyl (C=O) groups is 1. The molecular weight excluding hydrogens is 352 g/mol. The van der Waals surface area contributed by atoms with Crippen molar-refractivity contribution in [2.24, 2.45) is 0 Å². The second kappa shape index (κ2) is 5.84. The number of nitrogens with zero attached hydrogens (tertiary/aromatic N) is 1. The largest absolute Gasteiger partial charge is 0.322 e. The summed E-state index contributed by atoms with van der Waals surface area (Å²) < 4.78 is 0.701. The number of amides is 1. The molecule has 1 aromatic heterocycles. The minimum Gasteiger partial charge on any atom is -0.322 e. The summed E-state index contributed by atoms with van der Waals surface area (Å²) in [5.74, 6) is -0.215. The number of carbonyl (C=O) groups excluding carboxylic acids is 1. The highest BCUT2D eigenvalue weighted by atomic mass is 79.9. The molecule has 0 aliphatic carbocycles. The number of nitrogens with one attached hydrogen (secondary N) is 1. The number of benzene rings is 2. The van der Waals surface area contributed by atoms with Gasteiger partial charge in [-0.05, 0) is 58.4 Å². The van der Waals surface area contributed by atoms with E-state index in [1.54, 1.807) is 24.4 Å². The molecular formula is C16H10BrClN2O. The van der Waals surface area contributed by atoms with Crippen molar-refractivity contribution in [2.45, 2.75) is 0 Å². The summed E-state index contributed by atoms with van der Waals surface area (Å²) in [7, 11) is 0.